The molecule has 1 heterocycles. The van der Waals surface area contributed by atoms with Crippen LogP contribution in [0.5, 0.6) is 0 Å². The number of hydrogen-bond acceptors (Lipinski definition) is 3. The van der Waals surface area contributed by atoms with Gasteiger partial charge < -0.3 is 20.6 Å². The van der Waals surface area contributed by atoms with Gasteiger partial charge in [-0.15, -0.1) is 0 Å². The van der Waals surface area contributed by atoms with E-state index in [1.807, 2.05) is 26.8 Å². The van der Waals surface area contributed by atoms with Crippen molar-refractivity contribution in [3.63, 3.8) is 0 Å². The van der Waals surface area contributed by atoms with Crippen LogP contribution < -0.4 is 10.6 Å². The summed E-state index contributed by atoms with van der Waals surface area (Å²) in [7, 11) is 0. The zero-order valence-corrected chi connectivity index (χ0v) is 16.2. The highest BCUT2D eigenvalue weighted by Crippen LogP contribution is 2.21. The summed E-state index contributed by atoms with van der Waals surface area (Å²) in [4.78, 5) is 37.5. The highest BCUT2D eigenvalue weighted by molar-refractivity contribution is 5.94. The molecule has 148 valence electrons. The Balaban J connectivity index is 1.94. The number of aliphatic carboxylic acids is 1. The third-order valence-corrected chi connectivity index (χ3v) is 4.92. The number of carboxylic acid groups (broad SMARTS) is 1. The summed E-state index contributed by atoms with van der Waals surface area (Å²) in [5.74, 6) is -1.36. The Morgan fingerprint density at radius 1 is 1.30 bits per heavy atom. The van der Waals surface area contributed by atoms with Crippen LogP contribution in [0.1, 0.15) is 49.5 Å². The molecule has 0 aromatic heterocycles. The Morgan fingerprint density at radius 3 is 2.70 bits per heavy atom. The topological polar surface area (TPSA) is 98.7 Å². The van der Waals surface area contributed by atoms with Gasteiger partial charge in [0.15, 0.2) is 0 Å². The number of nitrogens with zero attached hydrogens (tertiary/aromatic N) is 1. The van der Waals surface area contributed by atoms with Crippen LogP contribution in [-0.2, 0) is 11.3 Å². The number of nitrogens with one attached hydrogen (secondary N) is 2. The highest BCUT2D eigenvalue weighted by atomic mass is 16.4. The second-order valence-electron chi connectivity index (χ2n) is 7.42. The average molecular weight is 375 g/mol. The average Bonchev–Trinajstić information content (AvgIpc) is 2.65. The van der Waals surface area contributed by atoms with Crippen LogP contribution in [0.25, 0.3) is 0 Å². The van der Waals surface area contributed by atoms with Crippen molar-refractivity contribution in [2.45, 2.75) is 46.2 Å². The molecule has 3 unspecified atom stereocenters. The van der Waals surface area contributed by atoms with Gasteiger partial charge in [0.1, 0.15) is 0 Å². The Kier molecular flexibility index (Phi) is 7.21. The van der Waals surface area contributed by atoms with Crippen molar-refractivity contribution in [3.8, 4) is 0 Å². The Morgan fingerprint density at radius 2 is 2.04 bits per heavy atom. The molecular weight excluding hydrogens is 346 g/mol. The fourth-order valence-corrected chi connectivity index (χ4v) is 3.22. The molecule has 1 aliphatic rings. The van der Waals surface area contributed by atoms with Gasteiger partial charge in [-0.05, 0) is 43.4 Å². The van der Waals surface area contributed by atoms with Crippen molar-refractivity contribution < 1.29 is 19.5 Å². The summed E-state index contributed by atoms with van der Waals surface area (Å²) in [6, 6.07) is 6.96. The van der Waals surface area contributed by atoms with Crippen LogP contribution in [0.15, 0.2) is 24.3 Å². The number of carbonyl (C=O) groups excluding carboxylic acids is 2. The molecule has 3 N–H and O–H groups in total. The maximum absolute atomic E-state index is 12.4. The summed E-state index contributed by atoms with van der Waals surface area (Å²) in [6.45, 7) is 6.97. The van der Waals surface area contributed by atoms with E-state index in [-0.39, 0.29) is 37.0 Å². The Bertz CT molecular complexity index is 692. The monoisotopic (exact) mass is 375 g/mol. The van der Waals surface area contributed by atoms with Gasteiger partial charge in [-0.1, -0.05) is 26.0 Å². The van der Waals surface area contributed by atoms with Crippen molar-refractivity contribution in [2.75, 3.05) is 13.1 Å². The molecule has 3 amide bonds. The largest absolute Gasteiger partial charge is 0.481 e. The van der Waals surface area contributed by atoms with Gasteiger partial charge in [0.25, 0.3) is 5.91 Å². The van der Waals surface area contributed by atoms with Crippen LogP contribution in [-0.4, -0.2) is 47.0 Å². The lowest BCUT2D eigenvalue weighted by Crippen LogP contribution is -2.49. The summed E-state index contributed by atoms with van der Waals surface area (Å²) < 4.78 is 0. The fourth-order valence-electron chi connectivity index (χ4n) is 3.22. The molecule has 7 heteroatoms. The van der Waals surface area contributed by atoms with Crippen molar-refractivity contribution >= 4 is 17.9 Å². The second-order valence-corrected chi connectivity index (χ2v) is 7.42. The molecular formula is C20H29N3O4. The first-order valence-electron chi connectivity index (χ1n) is 9.45. The molecule has 1 saturated heterocycles. The molecule has 3 atom stereocenters. The first-order chi connectivity index (χ1) is 12.8. The lowest BCUT2D eigenvalue weighted by Gasteiger charge is -2.34. The number of rotatable bonds is 6. The molecule has 1 fully saturated rings. The normalized spacial score (nSPS) is 20.6. The summed E-state index contributed by atoms with van der Waals surface area (Å²) in [6.07, 6.45) is 1.44. The summed E-state index contributed by atoms with van der Waals surface area (Å²) in [5, 5.41) is 15.0. The van der Waals surface area contributed by atoms with E-state index in [1.54, 1.807) is 23.1 Å². The molecule has 0 saturated carbocycles. The first-order valence-corrected chi connectivity index (χ1v) is 9.45. The molecule has 0 bridgehead atoms. The first kappa shape index (κ1) is 20.7. The highest BCUT2D eigenvalue weighted by Gasteiger charge is 2.31. The van der Waals surface area contributed by atoms with Crippen LogP contribution in [0.2, 0.25) is 0 Å². The van der Waals surface area contributed by atoms with Gasteiger partial charge in [-0.2, -0.15) is 0 Å². The molecule has 7 nitrogen and oxygen atoms in total. The number of carbonyl (C=O) groups is 3. The summed E-state index contributed by atoms with van der Waals surface area (Å²) in [5.41, 5.74) is 1.37. The van der Waals surface area contributed by atoms with Crippen LogP contribution >= 0.6 is 0 Å². The van der Waals surface area contributed by atoms with E-state index in [0.717, 1.165) is 12.0 Å². The van der Waals surface area contributed by atoms with E-state index in [0.29, 0.717) is 18.5 Å². The minimum absolute atomic E-state index is 0.101. The molecule has 2 rings (SSSR count). The van der Waals surface area contributed by atoms with E-state index in [4.69, 9.17) is 0 Å². The number of likely N-dealkylation sites (tertiary alicyclic amines) is 1. The van der Waals surface area contributed by atoms with Gasteiger partial charge >= 0.3 is 12.0 Å². The van der Waals surface area contributed by atoms with E-state index in [1.165, 1.54) is 0 Å². The number of hydrogen-bond donors (Lipinski definition) is 3. The maximum atomic E-state index is 12.4. The van der Waals surface area contributed by atoms with Gasteiger partial charge in [0.05, 0.1) is 5.92 Å². The van der Waals surface area contributed by atoms with Crippen molar-refractivity contribution in [3.05, 3.63) is 35.4 Å². The number of amides is 3. The minimum atomic E-state index is -0.862. The third kappa shape index (κ3) is 5.98. The van der Waals surface area contributed by atoms with Crippen molar-refractivity contribution in [1.82, 2.24) is 15.5 Å². The summed E-state index contributed by atoms with van der Waals surface area (Å²) >= 11 is 0. The second kappa shape index (κ2) is 9.39. The molecule has 27 heavy (non-hydrogen) atoms. The van der Waals surface area contributed by atoms with Gasteiger partial charge in [-0.25, -0.2) is 4.79 Å². The lowest BCUT2D eigenvalue weighted by atomic mass is 9.91. The third-order valence-electron chi connectivity index (χ3n) is 4.92. The van der Waals surface area contributed by atoms with Crippen LogP contribution in [0, 0.1) is 11.8 Å². The van der Waals surface area contributed by atoms with Gasteiger partial charge in [0.2, 0.25) is 0 Å². The van der Waals surface area contributed by atoms with Crippen LogP contribution in [0.3, 0.4) is 0 Å². The molecule has 0 aliphatic carbocycles. The number of urea groups is 1. The number of carboxylic acids is 1. The van der Waals surface area contributed by atoms with E-state index in [9.17, 15) is 19.5 Å². The van der Waals surface area contributed by atoms with Crippen molar-refractivity contribution in [1.29, 1.82) is 0 Å². The van der Waals surface area contributed by atoms with E-state index < -0.39 is 11.9 Å². The number of benzene rings is 1. The Hall–Kier alpha value is -2.57. The molecule has 1 aliphatic heterocycles. The van der Waals surface area contributed by atoms with E-state index in [2.05, 4.69) is 10.6 Å². The maximum Gasteiger partial charge on any atom is 0.317 e. The fraction of sp³-hybridized carbons (Fsp3) is 0.550. The Labute approximate surface area is 160 Å². The zero-order chi connectivity index (χ0) is 20.0. The van der Waals surface area contributed by atoms with Gasteiger partial charge in [0, 0.05) is 31.2 Å². The molecule has 1 aromatic carbocycles. The van der Waals surface area contributed by atoms with Crippen LogP contribution in [0.4, 0.5) is 4.79 Å². The standard InChI is InChI=1S/C20H29N3O4/c1-4-14(3)22-18(24)16-7-5-6-15(9-16)10-21-20(27)23-11-13(2)8-17(12-23)19(25)26/h5-7,9,13-14,17H,4,8,10-12H2,1-3H3,(H,21,27)(H,22,24)(H,25,26). The van der Waals surface area contributed by atoms with E-state index >= 15 is 0 Å². The smallest absolute Gasteiger partial charge is 0.317 e. The lowest BCUT2D eigenvalue weighted by molar-refractivity contribution is -0.143. The molecule has 0 spiro atoms. The SMILES string of the molecule is CCC(C)NC(=O)c1cccc(CNC(=O)N2CC(C)CC(C(=O)O)C2)c1. The predicted molar refractivity (Wildman–Crippen MR) is 102 cm³/mol. The minimum Gasteiger partial charge on any atom is -0.481 e. The van der Waals surface area contributed by atoms with Gasteiger partial charge in [-0.3, -0.25) is 9.59 Å². The number of piperidine rings is 1. The van der Waals surface area contributed by atoms with Crippen molar-refractivity contribution in [2.24, 2.45) is 11.8 Å². The predicted octanol–water partition coefficient (Wildman–Crippen LogP) is 2.47. The zero-order valence-electron chi connectivity index (χ0n) is 16.2. The quantitative estimate of drug-likeness (QED) is 0.711. The molecule has 1 aromatic rings. The molecule has 0 radical (unpaired) electrons.